The molecule has 0 aliphatic carbocycles. The van der Waals surface area contributed by atoms with Crippen LogP contribution in [-0.4, -0.2) is 23.2 Å². The molecule has 11 heavy (non-hydrogen) atoms. The van der Waals surface area contributed by atoms with E-state index in [4.69, 9.17) is 16.6 Å². The standard InChI is InChI=1S/C7H14N2O2/c1-7(9,6(10)11)4-2-3-5-8/h2-3H,4-5,8-9H2,1H3,(H,10,11). The fraction of sp³-hybridized carbons (Fsp3) is 0.571. The lowest BCUT2D eigenvalue weighted by molar-refractivity contribution is -0.142. The first-order chi connectivity index (χ1) is 5.00. The van der Waals surface area contributed by atoms with Crippen LogP contribution in [0.25, 0.3) is 0 Å². The molecule has 5 N–H and O–H groups in total. The highest BCUT2D eigenvalue weighted by atomic mass is 16.4. The molecule has 0 heterocycles. The summed E-state index contributed by atoms with van der Waals surface area (Å²) in [5, 5.41) is 8.55. The van der Waals surface area contributed by atoms with E-state index in [1.54, 1.807) is 12.2 Å². The van der Waals surface area contributed by atoms with Gasteiger partial charge in [0.05, 0.1) is 0 Å². The molecule has 0 aromatic heterocycles. The van der Waals surface area contributed by atoms with Gasteiger partial charge in [0.15, 0.2) is 0 Å². The first kappa shape index (κ1) is 10.1. The van der Waals surface area contributed by atoms with Gasteiger partial charge in [0.25, 0.3) is 0 Å². The Labute approximate surface area is 65.9 Å². The van der Waals surface area contributed by atoms with Crippen LogP contribution in [0.3, 0.4) is 0 Å². The number of aliphatic carboxylic acids is 1. The van der Waals surface area contributed by atoms with E-state index in [9.17, 15) is 4.79 Å². The highest BCUT2D eigenvalue weighted by molar-refractivity contribution is 5.78. The average molecular weight is 158 g/mol. The monoisotopic (exact) mass is 158 g/mol. The van der Waals surface area contributed by atoms with E-state index in [0.29, 0.717) is 13.0 Å². The molecular weight excluding hydrogens is 144 g/mol. The Morgan fingerprint density at radius 2 is 2.18 bits per heavy atom. The lowest BCUT2D eigenvalue weighted by Crippen LogP contribution is -2.44. The van der Waals surface area contributed by atoms with E-state index in [-0.39, 0.29) is 0 Å². The van der Waals surface area contributed by atoms with Gasteiger partial charge in [0.2, 0.25) is 0 Å². The summed E-state index contributed by atoms with van der Waals surface area (Å²) in [6, 6.07) is 0. The largest absolute Gasteiger partial charge is 0.480 e. The lowest BCUT2D eigenvalue weighted by atomic mass is 10.00. The minimum absolute atomic E-state index is 0.305. The van der Waals surface area contributed by atoms with E-state index in [1.165, 1.54) is 6.92 Å². The van der Waals surface area contributed by atoms with Crippen molar-refractivity contribution in [3.63, 3.8) is 0 Å². The minimum atomic E-state index is -1.17. The third-order valence-corrected chi connectivity index (χ3v) is 1.33. The van der Waals surface area contributed by atoms with Crippen LogP contribution >= 0.6 is 0 Å². The van der Waals surface area contributed by atoms with Crippen LogP contribution in [0, 0.1) is 0 Å². The predicted molar refractivity (Wildman–Crippen MR) is 43.0 cm³/mol. The number of hydrogen-bond acceptors (Lipinski definition) is 3. The summed E-state index contributed by atoms with van der Waals surface area (Å²) in [6.07, 6.45) is 3.67. The molecule has 1 unspecified atom stereocenters. The second-order valence-corrected chi connectivity index (χ2v) is 2.63. The highest BCUT2D eigenvalue weighted by Gasteiger charge is 2.25. The summed E-state index contributed by atoms with van der Waals surface area (Å²) in [5.41, 5.74) is 9.39. The van der Waals surface area contributed by atoms with Gasteiger partial charge in [0.1, 0.15) is 5.54 Å². The zero-order valence-electron chi connectivity index (χ0n) is 6.58. The predicted octanol–water partition coefficient (Wildman–Crippen LogP) is -0.307. The summed E-state index contributed by atoms with van der Waals surface area (Å²) in [4.78, 5) is 10.4. The SMILES string of the molecule is CC(N)(CC=CCN)C(=O)O. The minimum Gasteiger partial charge on any atom is -0.480 e. The molecule has 1 atom stereocenters. The molecule has 64 valence electrons. The molecule has 0 amide bonds. The maximum atomic E-state index is 10.4. The fourth-order valence-electron chi connectivity index (χ4n) is 0.512. The fourth-order valence-corrected chi connectivity index (χ4v) is 0.512. The van der Waals surface area contributed by atoms with E-state index >= 15 is 0 Å². The first-order valence-electron chi connectivity index (χ1n) is 3.38. The maximum absolute atomic E-state index is 10.4. The summed E-state index contributed by atoms with van der Waals surface area (Å²) in [6.45, 7) is 1.88. The topological polar surface area (TPSA) is 89.3 Å². The van der Waals surface area contributed by atoms with Crippen molar-refractivity contribution in [1.29, 1.82) is 0 Å². The van der Waals surface area contributed by atoms with E-state index < -0.39 is 11.5 Å². The van der Waals surface area contributed by atoms with Crippen LogP contribution in [0.15, 0.2) is 12.2 Å². The van der Waals surface area contributed by atoms with Gasteiger partial charge in [-0.25, -0.2) is 0 Å². The zero-order chi connectivity index (χ0) is 8.91. The Morgan fingerprint density at radius 1 is 1.64 bits per heavy atom. The number of nitrogens with two attached hydrogens (primary N) is 2. The molecule has 0 saturated carbocycles. The second kappa shape index (κ2) is 4.10. The number of carboxylic acids is 1. The molecule has 0 aliphatic heterocycles. The van der Waals surface area contributed by atoms with Crippen molar-refractivity contribution in [2.24, 2.45) is 11.5 Å². The first-order valence-corrected chi connectivity index (χ1v) is 3.38. The van der Waals surface area contributed by atoms with Gasteiger partial charge in [-0.15, -0.1) is 0 Å². The Balaban J connectivity index is 3.92. The maximum Gasteiger partial charge on any atom is 0.323 e. The Kier molecular flexibility index (Phi) is 3.78. The zero-order valence-corrected chi connectivity index (χ0v) is 6.58. The van der Waals surface area contributed by atoms with Gasteiger partial charge < -0.3 is 16.6 Å². The Bertz CT molecular complexity index is 164. The molecule has 0 bridgehead atoms. The van der Waals surface area contributed by atoms with Gasteiger partial charge >= 0.3 is 5.97 Å². The van der Waals surface area contributed by atoms with Crippen molar-refractivity contribution >= 4 is 5.97 Å². The Morgan fingerprint density at radius 3 is 2.55 bits per heavy atom. The van der Waals surface area contributed by atoms with Crippen molar-refractivity contribution in [2.75, 3.05) is 6.54 Å². The Hall–Kier alpha value is -0.870. The number of carboxylic acid groups (broad SMARTS) is 1. The lowest BCUT2D eigenvalue weighted by Gasteiger charge is -2.15. The summed E-state index contributed by atoms with van der Waals surface area (Å²) < 4.78 is 0. The molecule has 0 aromatic rings. The number of carbonyl (C=O) groups is 1. The van der Waals surface area contributed by atoms with Crippen LogP contribution in [0.1, 0.15) is 13.3 Å². The molecule has 0 fully saturated rings. The van der Waals surface area contributed by atoms with E-state index in [1.807, 2.05) is 0 Å². The molecule has 0 aromatic carbocycles. The second-order valence-electron chi connectivity index (χ2n) is 2.63. The van der Waals surface area contributed by atoms with Crippen LogP contribution in [-0.2, 0) is 4.79 Å². The summed E-state index contributed by atoms with van der Waals surface area (Å²) in [7, 11) is 0. The van der Waals surface area contributed by atoms with Crippen LogP contribution in [0.5, 0.6) is 0 Å². The van der Waals surface area contributed by atoms with Gasteiger partial charge in [-0.2, -0.15) is 0 Å². The van der Waals surface area contributed by atoms with Crippen molar-refractivity contribution in [3.05, 3.63) is 12.2 Å². The third kappa shape index (κ3) is 3.75. The molecular formula is C7H14N2O2. The number of rotatable bonds is 4. The van der Waals surface area contributed by atoms with Crippen LogP contribution in [0.4, 0.5) is 0 Å². The van der Waals surface area contributed by atoms with Crippen LogP contribution in [0.2, 0.25) is 0 Å². The van der Waals surface area contributed by atoms with E-state index in [0.717, 1.165) is 0 Å². The molecule has 0 radical (unpaired) electrons. The van der Waals surface area contributed by atoms with Gasteiger partial charge in [-0.3, -0.25) is 4.79 Å². The quantitative estimate of drug-likeness (QED) is 0.490. The normalized spacial score (nSPS) is 16.6. The summed E-state index contributed by atoms with van der Waals surface area (Å²) in [5.74, 6) is -1.00. The van der Waals surface area contributed by atoms with Crippen molar-refractivity contribution in [3.8, 4) is 0 Å². The van der Waals surface area contributed by atoms with E-state index in [2.05, 4.69) is 0 Å². The molecule has 0 rings (SSSR count). The molecule has 4 heteroatoms. The number of hydrogen-bond donors (Lipinski definition) is 3. The molecule has 0 aliphatic rings. The smallest absolute Gasteiger partial charge is 0.323 e. The van der Waals surface area contributed by atoms with Gasteiger partial charge in [-0.05, 0) is 13.3 Å². The highest BCUT2D eigenvalue weighted by Crippen LogP contribution is 2.05. The third-order valence-electron chi connectivity index (χ3n) is 1.33. The van der Waals surface area contributed by atoms with Crippen molar-refractivity contribution < 1.29 is 9.90 Å². The molecule has 0 spiro atoms. The molecule has 4 nitrogen and oxygen atoms in total. The molecule has 0 saturated heterocycles. The van der Waals surface area contributed by atoms with Gasteiger partial charge in [0, 0.05) is 6.54 Å². The van der Waals surface area contributed by atoms with Gasteiger partial charge in [-0.1, -0.05) is 12.2 Å². The van der Waals surface area contributed by atoms with Crippen LogP contribution < -0.4 is 11.5 Å². The van der Waals surface area contributed by atoms with Crippen molar-refractivity contribution in [1.82, 2.24) is 0 Å². The summed E-state index contributed by atoms with van der Waals surface area (Å²) >= 11 is 0. The average Bonchev–Trinajstić information content (AvgIpc) is 1.88. The van der Waals surface area contributed by atoms with Crippen molar-refractivity contribution in [2.45, 2.75) is 18.9 Å².